The van der Waals surface area contributed by atoms with Gasteiger partial charge in [0.15, 0.2) is 6.10 Å². The maximum absolute atomic E-state index is 11.9. The summed E-state index contributed by atoms with van der Waals surface area (Å²) >= 11 is 1.96. The standard InChI is InChI=1S/C14H18INO4/c1-11(7-16-10-17)13(14(18)20-9-15)19-8-12-5-3-2-4-6-12/h2-6,10-11,13H,7-9H2,1H3,(H,16,17). The van der Waals surface area contributed by atoms with E-state index in [9.17, 15) is 9.59 Å². The molecule has 0 aliphatic rings. The molecule has 1 rings (SSSR count). The van der Waals surface area contributed by atoms with Crippen molar-refractivity contribution in [3.63, 3.8) is 0 Å². The van der Waals surface area contributed by atoms with E-state index in [2.05, 4.69) is 5.32 Å². The summed E-state index contributed by atoms with van der Waals surface area (Å²) in [5.41, 5.74) is 0.982. The van der Waals surface area contributed by atoms with Gasteiger partial charge in [0.1, 0.15) is 4.61 Å². The molecule has 0 saturated carbocycles. The van der Waals surface area contributed by atoms with Crippen molar-refractivity contribution in [1.82, 2.24) is 5.32 Å². The van der Waals surface area contributed by atoms with Crippen LogP contribution in [0.25, 0.3) is 0 Å². The fourth-order valence-corrected chi connectivity index (χ4v) is 2.01. The second-order valence-electron chi connectivity index (χ2n) is 4.29. The SMILES string of the molecule is CC(CNC=O)C(OCc1ccccc1)C(=O)OCI. The van der Waals surface area contributed by atoms with Gasteiger partial charge < -0.3 is 14.8 Å². The summed E-state index contributed by atoms with van der Waals surface area (Å²) in [6.07, 6.45) is -0.0913. The van der Waals surface area contributed by atoms with Gasteiger partial charge in [0, 0.05) is 12.5 Å². The molecule has 0 spiro atoms. The number of nitrogens with one attached hydrogen (secondary N) is 1. The maximum atomic E-state index is 11.9. The zero-order valence-electron chi connectivity index (χ0n) is 11.3. The predicted molar refractivity (Wildman–Crippen MR) is 83.2 cm³/mol. The van der Waals surface area contributed by atoms with Gasteiger partial charge in [0.05, 0.1) is 6.61 Å². The first kappa shape index (κ1) is 16.9. The summed E-state index contributed by atoms with van der Waals surface area (Å²) in [4.78, 5) is 22.2. The maximum Gasteiger partial charge on any atom is 0.336 e. The molecule has 1 aromatic carbocycles. The Morgan fingerprint density at radius 3 is 2.70 bits per heavy atom. The predicted octanol–water partition coefficient (Wildman–Crippen LogP) is 1.89. The topological polar surface area (TPSA) is 64.6 Å². The third-order valence-corrected chi connectivity index (χ3v) is 3.05. The Labute approximate surface area is 132 Å². The van der Waals surface area contributed by atoms with Crippen molar-refractivity contribution in [2.75, 3.05) is 11.2 Å². The van der Waals surface area contributed by atoms with Crippen LogP contribution in [0.4, 0.5) is 0 Å². The van der Waals surface area contributed by atoms with E-state index in [1.165, 1.54) is 0 Å². The van der Waals surface area contributed by atoms with E-state index in [-0.39, 0.29) is 10.5 Å². The average Bonchev–Trinajstić information content (AvgIpc) is 2.46. The van der Waals surface area contributed by atoms with Gasteiger partial charge >= 0.3 is 5.97 Å². The van der Waals surface area contributed by atoms with Crippen LogP contribution in [-0.4, -0.2) is 29.6 Å². The van der Waals surface area contributed by atoms with E-state index in [4.69, 9.17) is 9.47 Å². The quantitative estimate of drug-likeness (QED) is 0.302. The van der Waals surface area contributed by atoms with E-state index in [1.54, 1.807) is 0 Å². The molecule has 0 saturated heterocycles. The van der Waals surface area contributed by atoms with E-state index < -0.39 is 12.1 Å². The largest absolute Gasteiger partial charge is 0.453 e. The zero-order chi connectivity index (χ0) is 14.8. The Morgan fingerprint density at radius 2 is 2.10 bits per heavy atom. The van der Waals surface area contributed by atoms with E-state index in [0.717, 1.165) is 5.56 Å². The number of benzene rings is 1. The van der Waals surface area contributed by atoms with Crippen molar-refractivity contribution >= 4 is 35.0 Å². The Morgan fingerprint density at radius 1 is 1.40 bits per heavy atom. The Hall–Kier alpha value is -1.15. The zero-order valence-corrected chi connectivity index (χ0v) is 13.4. The van der Waals surface area contributed by atoms with Crippen LogP contribution < -0.4 is 5.32 Å². The molecule has 0 heterocycles. The number of halogens is 1. The number of alkyl halides is 1. The Balaban J connectivity index is 2.61. The summed E-state index contributed by atoms with van der Waals surface area (Å²) in [5.74, 6) is -0.574. The molecule has 0 fully saturated rings. The van der Waals surface area contributed by atoms with Gasteiger partial charge in [-0.25, -0.2) is 4.79 Å². The van der Waals surface area contributed by atoms with Crippen LogP contribution in [0.2, 0.25) is 0 Å². The van der Waals surface area contributed by atoms with Crippen LogP contribution in [0, 0.1) is 5.92 Å². The molecule has 0 aliphatic heterocycles. The lowest BCUT2D eigenvalue weighted by atomic mass is 10.0. The Bertz CT molecular complexity index is 413. The highest BCUT2D eigenvalue weighted by Gasteiger charge is 2.27. The van der Waals surface area contributed by atoms with Crippen molar-refractivity contribution in [3.05, 3.63) is 35.9 Å². The van der Waals surface area contributed by atoms with Crippen LogP contribution >= 0.6 is 22.6 Å². The van der Waals surface area contributed by atoms with Crippen molar-refractivity contribution in [1.29, 1.82) is 0 Å². The summed E-state index contributed by atoms with van der Waals surface area (Å²) < 4.78 is 10.9. The minimum absolute atomic E-state index is 0.167. The number of rotatable bonds is 9. The molecule has 20 heavy (non-hydrogen) atoms. The van der Waals surface area contributed by atoms with E-state index in [0.29, 0.717) is 19.6 Å². The normalized spacial score (nSPS) is 13.3. The third-order valence-electron chi connectivity index (χ3n) is 2.74. The molecule has 2 unspecified atom stereocenters. The molecule has 1 amide bonds. The van der Waals surface area contributed by atoms with E-state index >= 15 is 0 Å². The number of amides is 1. The molecule has 1 aromatic rings. The second kappa shape index (κ2) is 9.71. The fourth-order valence-electron chi connectivity index (χ4n) is 1.70. The fraction of sp³-hybridized carbons (Fsp3) is 0.429. The molecule has 0 aliphatic carbocycles. The van der Waals surface area contributed by atoms with Crippen molar-refractivity contribution in [2.24, 2.45) is 5.92 Å². The minimum Gasteiger partial charge on any atom is -0.453 e. The molecular weight excluding hydrogens is 373 g/mol. The first-order valence-electron chi connectivity index (χ1n) is 6.24. The summed E-state index contributed by atoms with van der Waals surface area (Å²) in [7, 11) is 0. The molecule has 6 heteroatoms. The lowest BCUT2D eigenvalue weighted by Crippen LogP contribution is -2.37. The van der Waals surface area contributed by atoms with E-state index in [1.807, 2.05) is 59.8 Å². The number of hydrogen-bond acceptors (Lipinski definition) is 4. The third kappa shape index (κ3) is 5.87. The highest BCUT2D eigenvalue weighted by molar-refractivity contribution is 14.1. The van der Waals surface area contributed by atoms with Crippen LogP contribution in [-0.2, 0) is 25.7 Å². The molecular formula is C14H18INO4. The number of carbonyl (C=O) groups excluding carboxylic acids is 2. The summed E-state index contributed by atoms with van der Waals surface area (Å²) in [5, 5.41) is 2.55. The molecule has 0 aromatic heterocycles. The highest BCUT2D eigenvalue weighted by Crippen LogP contribution is 2.13. The van der Waals surface area contributed by atoms with Gasteiger partial charge in [0.2, 0.25) is 6.41 Å². The molecule has 1 N–H and O–H groups in total. The monoisotopic (exact) mass is 391 g/mol. The van der Waals surface area contributed by atoms with Gasteiger partial charge in [-0.1, -0.05) is 37.3 Å². The Kier molecular flexibility index (Phi) is 8.20. The lowest BCUT2D eigenvalue weighted by molar-refractivity contribution is -0.159. The highest BCUT2D eigenvalue weighted by atomic mass is 127. The molecule has 0 radical (unpaired) electrons. The molecule has 110 valence electrons. The average molecular weight is 391 g/mol. The first-order valence-corrected chi connectivity index (χ1v) is 7.76. The summed E-state index contributed by atoms with van der Waals surface area (Å²) in [6, 6.07) is 9.59. The lowest BCUT2D eigenvalue weighted by Gasteiger charge is -2.22. The smallest absolute Gasteiger partial charge is 0.336 e. The van der Waals surface area contributed by atoms with Gasteiger partial charge in [-0.15, -0.1) is 0 Å². The van der Waals surface area contributed by atoms with Crippen molar-refractivity contribution < 1.29 is 19.1 Å². The first-order chi connectivity index (χ1) is 9.69. The number of hydrogen-bond donors (Lipinski definition) is 1. The van der Waals surface area contributed by atoms with Crippen LogP contribution in [0.3, 0.4) is 0 Å². The number of ether oxygens (including phenoxy) is 2. The molecule has 0 bridgehead atoms. The number of esters is 1. The van der Waals surface area contributed by atoms with Crippen molar-refractivity contribution in [2.45, 2.75) is 19.6 Å². The van der Waals surface area contributed by atoms with Gasteiger partial charge in [0.25, 0.3) is 0 Å². The van der Waals surface area contributed by atoms with Crippen molar-refractivity contribution in [3.8, 4) is 0 Å². The van der Waals surface area contributed by atoms with Gasteiger partial charge in [-0.05, 0) is 28.2 Å². The minimum atomic E-state index is -0.697. The second-order valence-corrected chi connectivity index (χ2v) is 4.92. The van der Waals surface area contributed by atoms with Crippen LogP contribution in [0.5, 0.6) is 0 Å². The van der Waals surface area contributed by atoms with Crippen LogP contribution in [0.1, 0.15) is 12.5 Å². The summed E-state index contributed by atoms with van der Waals surface area (Å²) in [6.45, 7) is 2.52. The van der Waals surface area contributed by atoms with Crippen LogP contribution in [0.15, 0.2) is 30.3 Å². The van der Waals surface area contributed by atoms with Gasteiger partial charge in [-0.2, -0.15) is 0 Å². The molecule has 5 nitrogen and oxygen atoms in total. The molecule has 2 atom stereocenters. The van der Waals surface area contributed by atoms with Gasteiger partial charge in [-0.3, -0.25) is 4.79 Å². The number of carbonyl (C=O) groups is 2.